The summed E-state index contributed by atoms with van der Waals surface area (Å²) < 4.78 is 1.48. The summed E-state index contributed by atoms with van der Waals surface area (Å²) in [4.78, 5) is 15.5. The fraction of sp³-hybridized carbons (Fsp3) is 0.200. The van der Waals surface area contributed by atoms with Gasteiger partial charge in [-0.15, -0.1) is 5.10 Å². The van der Waals surface area contributed by atoms with E-state index in [4.69, 9.17) is 11.0 Å². The Labute approximate surface area is 107 Å². The van der Waals surface area contributed by atoms with Gasteiger partial charge in [-0.25, -0.2) is 14.9 Å². The highest BCUT2D eigenvalue weighted by Crippen LogP contribution is 2.28. The predicted molar refractivity (Wildman–Crippen MR) is 66.0 cm³/mol. The van der Waals surface area contributed by atoms with Crippen molar-refractivity contribution in [1.82, 2.24) is 19.7 Å². The van der Waals surface area contributed by atoms with E-state index in [0.717, 1.165) is 0 Å². The average Bonchev–Trinajstić information content (AvgIpc) is 2.72. The van der Waals surface area contributed by atoms with E-state index in [9.17, 15) is 4.79 Å². The molecule has 0 aliphatic carbocycles. The van der Waals surface area contributed by atoms with Crippen molar-refractivity contribution in [2.75, 3.05) is 5.73 Å². The molecule has 0 aromatic carbocycles. The van der Waals surface area contributed by atoms with Crippen LogP contribution in [0.1, 0.15) is 12.5 Å². The molecule has 18 heavy (non-hydrogen) atoms. The van der Waals surface area contributed by atoms with Gasteiger partial charge in [0.1, 0.15) is 11.1 Å². The molecule has 0 spiro atoms. The Morgan fingerprint density at radius 2 is 2.44 bits per heavy atom. The van der Waals surface area contributed by atoms with Crippen LogP contribution in [0.15, 0.2) is 27.2 Å². The quantitative estimate of drug-likeness (QED) is 0.837. The molecule has 0 aliphatic rings. The minimum absolute atomic E-state index is 0.271. The third-order valence-corrected chi connectivity index (χ3v) is 3.26. The van der Waals surface area contributed by atoms with E-state index in [1.807, 2.05) is 13.0 Å². The lowest BCUT2D eigenvalue weighted by atomic mass is 10.3. The van der Waals surface area contributed by atoms with Crippen molar-refractivity contribution in [3.05, 3.63) is 28.3 Å². The molecule has 0 atom stereocenters. The summed E-state index contributed by atoms with van der Waals surface area (Å²) >= 11 is 1.18. The molecule has 0 amide bonds. The number of nitrogens with two attached hydrogens (primary N) is 1. The Morgan fingerprint density at radius 3 is 3.06 bits per heavy atom. The van der Waals surface area contributed by atoms with Gasteiger partial charge >= 0.3 is 5.69 Å². The molecule has 8 heteroatoms. The number of nitrogen functional groups attached to an aromatic ring is 1. The number of nitrogens with one attached hydrogen (secondary N) is 1. The number of anilines is 1. The Bertz CT molecular complexity index is 668. The Kier molecular flexibility index (Phi) is 3.34. The lowest BCUT2D eigenvalue weighted by molar-refractivity contribution is 0.660. The summed E-state index contributed by atoms with van der Waals surface area (Å²) in [6, 6.07) is 3.49. The molecule has 3 N–H and O–H groups in total. The van der Waals surface area contributed by atoms with Gasteiger partial charge in [0.15, 0.2) is 5.16 Å². The van der Waals surface area contributed by atoms with Crippen molar-refractivity contribution in [2.24, 2.45) is 0 Å². The van der Waals surface area contributed by atoms with E-state index in [2.05, 4.69) is 15.2 Å². The topological polar surface area (TPSA) is 113 Å². The number of nitriles is 1. The summed E-state index contributed by atoms with van der Waals surface area (Å²) in [6.45, 7) is 2.35. The third-order valence-electron chi connectivity index (χ3n) is 2.24. The molecule has 0 unspecified atom stereocenters. The van der Waals surface area contributed by atoms with Crippen molar-refractivity contribution in [2.45, 2.75) is 23.7 Å². The highest BCUT2D eigenvalue weighted by Gasteiger charge is 2.11. The average molecular weight is 262 g/mol. The molecule has 0 fully saturated rings. The first-order valence-corrected chi connectivity index (χ1v) is 5.96. The van der Waals surface area contributed by atoms with Crippen LogP contribution in [-0.4, -0.2) is 19.7 Å². The number of aromatic nitrogens is 4. The van der Waals surface area contributed by atoms with E-state index in [1.54, 1.807) is 0 Å². The highest BCUT2D eigenvalue weighted by atomic mass is 32.2. The van der Waals surface area contributed by atoms with E-state index in [1.165, 1.54) is 28.6 Å². The fourth-order valence-corrected chi connectivity index (χ4v) is 2.23. The molecule has 92 valence electrons. The molecule has 7 nitrogen and oxygen atoms in total. The smallest absolute Gasteiger partial charge is 0.343 e. The van der Waals surface area contributed by atoms with Crippen LogP contribution < -0.4 is 11.4 Å². The van der Waals surface area contributed by atoms with Crippen LogP contribution in [0.2, 0.25) is 0 Å². The normalized spacial score (nSPS) is 10.2. The zero-order chi connectivity index (χ0) is 13.1. The Hall–Kier alpha value is -2.27. The van der Waals surface area contributed by atoms with Gasteiger partial charge in [-0.1, -0.05) is 0 Å². The number of nitrogens with zero attached hydrogens (tertiary/aromatic N) is 4. The van der Waals surface area contributed by atoms with E-state index in [0.29, 0.717) is 28.0 Å². The maximum Gasteiger partial charge on any atom is 0.343 e. The zero-order valence-corrected chi connectivity index (χ0v) is 10.4. The van der Waals surface area contributed by atoms with Gasteiger partial charge in [0.25, 0.3) is 0 Å². The zero-order valence-electron chi connectivity index (χ0n) is 9.54. The molecule has 0 radical (unpaired) electrons. The van der Waals surface area contributed by atoms with Gasteiger partial charge in [0.05, 0.1) is 11.3 Å². The summed E-state index contributed by atoms with van der Waals surface area (Å²) in [5.74, 6) is 0. The molecule has 0 saturated heterocycles. The first kappa shape index (κ1) is 12.2. The van der Waals surface area contributed by atoms with E-state index >= 15 is 0 Å². The minimum Gasteiger partial charge on any atom is -0.396 e. The molecule has 0 bridgehead atoms. The van der Waals surface area contributed by atoms with Crippen molar-refractivity contribution in [3.8, 4) is 6.07 Å². The third kappa shape index (κ3) is 2.21. The maximum absolute atomic E-state index is 11.4. The second kappa shape index (κ2) is 4.93. The number of pyridine rings is 1. The van der Waals surface area contributed by atoms with Crippen molar-refractivity contribution >= 4 is 17.4 Å². The van der Waals surface area contributed by atoms with Gasteiger partial charge in [0.2, 0.25) is 0 Å². The summed E-state index contributed by atoms with van der Waals surface area (Å²) in [5.41, 5.74) is 6.29. The Balaban J connectivity index is 2.35. The molecule has 2 aromatic rings. The molecule has 2 heterocycles. The van der Waals surface area contributed by atoms with Crippen molar-refractivity contribution in [1.29, 1.82) is 5.26 Å². The van der Waals surface area contributed by atoms with Gasteiger partial charge in [-0.2, -0.15) is 5.26 Å². The predicted octanol–water partition coefficient (Wildman–Crippen LogP) is 0.591. The van der Waals surface area contributed by atoms with Crippen molar-refractivity contribution < 1.29 is 0 Å². The lowest BCUT2D eigenvalue weighted by Gasteiger charge is -2.04. The number of aromatic amines is 1. The first-order chi connectivity index (χ1) is 8.65. The van der Waals surface area contributed by atoms with Crippen LogP contribution >= 0.6 is 11.8 Å². The number of hydrogen-bond donors (Lipinski definition) is 2. The van der Waals surface area contributed by atoms with E-state index in [-0.39, 0.29) is 5.69 Å². The molecule has 0 saturated carbocycles. The second-order valence-corrected chi connectivity index (χ2v) is 4.34. The van der Waals surface area contributed by atoms with Crippen molar-refractivity contribution in [3.63, 3.8) is 0 Å². The highest BCUT2D eigenvalue weighted by molar-refractivity contribution is 7.99. The first-order valence-electron chi connectivity index (χ1n) is 5.14. The van der Waals surface area contributed by atoms with E-state index < -0.39 is 0 Å². The number of H-pyrrole nitrogens is 1. The summed E-state index contributed by atoms with van der Waals surface area (Å²) in [7, 11) is 0. The lowest BCUT2D eigenvalue weighted by Crippen LogP contribution is -2.16. The monoisotopic (exact) mass is 262 g/mol. The SMILES string of the molecule is CCn1c(Sc2ncc(C#N)cc2N)n[nH]c1=O. The van der Waals surface area contributed by atoms with Crippen LogP contribution in [0.25, 0.3) is 0 Å². The molecule has 2 rings (SSSR count). The fourth-order valence-electron chi connectivity index (χ4n) is 1.36. The molecule has 0 aliphatic heterocycles. The summed E-state index contributed by atoms with van der Waals surface area (Å²) in [5, 5.41) is 16.0. The summed E-state index contributed by atoms with van der Waals surface area (Å²) in [6.07, 6.45) is 1.43. The van der Waals surface area contributed by atoms with Crippen LogP contribution in [0.4, 0.5) is 5.69 Å². The Morgan fingerprint density at radius 1 is 1.67 bits per heavy atom. The second-order valence-electron chi connectivity index (χ2n) is 3.39. The van der Waals surface area contributed by atoms with Gasteiger partial charge in [0, 0.05) is 12.7 Å². The standard InChI is InChI=1S/C10H10N6OS/c1-2-16-9(17)14-15-10(16)18-8-7(12)3-6(4-11)5-13-8/h3,5H,2,12H2,1H3,(H,14,17). The van der Waals surface area contributed by atoms with Crippen LogP contribution in [0, 0.1) is 11.3 Å². The van der Waals surface area contributed by atoms with Gasteiger partial charge < -0.3 is 5.73 Å². The van der Waals surface area contributed by atoms with Crippen LogP contribution in [-0.2, 0) is 6.54 Å². The van der Waals surface area contributed by atoms with Crippen LogP contribution in [0.3, 0.4) is 0 Å². The maximum atomic E-state index is 11.4. The number of hydrogen-bond acceptors (Lipinski definition) is 6. The largest absolute Gasteiger partial charge is 0.396 e. The van der Waals surface area contributed by atoms with Gasteiger partial charge in [-0.3, -0.25) is 4.57 Å². The van der Waals surface area contributed by atoms with Gasteiger partial charge in [-0.05, 0) is 24.8 Å². The number of rotatable bonds is 3. The molecule has 2 aromatic heterocycles. The molecular formula is C10H10N6OS. The van der Waals surface area contributed by atoms with Crippen LogP contribution in [0.5, 0.6) is 0 Å². The molecular weight excluding hydrogens is 252 g/mol. The minimum atomic E-state index is -0.271.